The maximum atomic E-state index is 9.00. The van der Waals surface area contributed by atoms with Crippen molar-refractivity contribution in [3.05, 3.63) is 0 Å². The summed E-state index contributed by atoms with van der Waals surface area (Å²) in [5.74, 6) is 0. The zero-order valence-electron chi connectivity index (χ0n) is 5.27. The third kappa shape index (κ3) is 94.9. The van der Waals surface area contributed by atoms with E-state index >= 15 is 0 Å². The van der Waals surface area contributed by atoms with Gasteiger partial charge < -0.3 is 14.3 Å². The minimum atomic E-state index is -0.833. The Balaban J connectivity index is -0.00000000750. The average molecular weight is 136 g/mol. The molecule has 0 rings (SSSR count). The van der Waals surface area contributed by atoms with E-state index in [0.717, 1.165) is 0 Å². The Labute approximate surface area is 75.9 Å². The molecule has 0 atom stereocenters. The SMILES string of the molecule is NC(N)=O.S.[Ca+2].[H-].[H-]. The van der Waals surface area contributed by atoms with Crippen LogP contribution < -0.4 is 11.5 Å². The second kappa shape index (κ2) is 9.30. The first-order valence-corrected chi connectivity index (χ1v) is 0.781. The number of carbonyl (C=O) groups is 1. The second-order valence-corrected chi connectivity index (χ2v) is 0.402. The molecule has 0 saturated heterocycles. The van der Waals surface area contributed by atoms with Crippen molar-refractivity contribution in [1.82, 2.24) is 0 Å². The van der Waals surface area contributed by atoms with E-state index in [1.807, 2.05) is 0 Å². The van der Waals surface area contributed by atoms with E-state index in [-0.39, 0.29) is 54.1 Å². The summed E-state index contributed by atoms with van der Waals surface area (Å²) in [4.78, 5) is 9.00. The fraction of sp³-hybridized carbons (Fsp3) is 0. The molecule has 2 amide bonds. The van der Waals surface area contributed by atoms with Gasteiger partial charge in [-0.25, -0.2) is 4.79 Å². The first kappa shape index (κ1) is 15.8. The number of urea groups is 1. The van der Waals surface area contributed by atoms with Crippen LogP contribution in [0.15, 0.2) is 0 Å². The van der Waals surface area contributed by atoms with E-state index in [4.69, 9.17) is 4.79 Å². The second-order valence-electron chi connectivity index (χ2n) is 0.402. The molecule has 0 radical (unpaired) electrons. The smallest absolute Gasteiger partial charge is 1.00 e. The van der Waals surface area contributed by atoms with Gasteiger partial charge in [0.25, 0.3) is 0 Å². The molecule has 5 heteroatoms. The molecular formula is CH8CaN2OS. The monoisotopic (exact) mass is 136 g/mol. The zero-order valence-corrected chi connectivity index (χ0v) is 6.48. The zero-order chi connectivity index (χ0) is 3.58. The minimum Gasteiger partial charge on any atom is -1.00 e. The molecule has 0 aliphatic heterocycles. The fourth-order valence-electron chi connectivity index (χ4n) is 0. The molecule has 0 fully saturated rings. The van der Waals surface area contributed by atoms with Gasteiger partial charge in [0.1, 0.15) is 0 Å². The van der Waals surface area contributed by atoms with Crippen molar-refractivity contribution in [3.8, 4) is 0 Å². The number of rotatable bonds is 0. The first-order chi connectivity index (χ1) is 1.73. The van der Waals surface area contributed by atoms with Gasteiger partial charge in [-0.1, -0.05) is 0 Å². The summed E-state index contributed by atoms with van der Waals surface area (Å²) in [6.07, 6.45) is 0. The van der Waals surface area contributed by atoms with Crippen molar-refractivity contribution in [2.24, 2.45) is 11.5 Å². The summed E-state index contributed by atoms with van der Waals surface area (Å²) >= 11 is 0. The van der Waals surface area contributed by atoms with E-state index in [1.54, 1.807) is 0 Å². The van der Waals surface area contributed by atoms with Gasteiger partial charge in [0.05, 0.1) is 0 Å². The maximum Gasteiger partial charge on any atom is 2.00 e. The van der Waals surface area contributed by atoms with E-state index in [1.165, 1.54) is 0 Å². The van der Waals surface area contributed by atoms with Crippen LogP contribution in [0.2, 0.25) is 0 Å². The molecule has 0 aliphatic carbocycles. The van der Waals surface area contributed by atoms with Crippen LogP contribution in [-0.2, 0) is 0 Å². The Morgan fingerprint density at radius 1 is 1.50 bits per heavy atom. The van der Waals surface area contributed by atoms with Crippen LogP contribution in [0, 0.1) is 0 Å². The predicted molar refractivity (Wildman–Crippen MR) is 32.1 cm³/mol. The summed E-state index contributed by atoms with van der Waals surface area (Å²) in [6, 6.07) is -0.833. The molecule has 0 aliphatic rings. The Hall–Kier alpha value is 0.880. The van der Waals surface area contributed by atoms with Crippen molar-refractivity contribution in [1.29, 1.82) is 0 Å². The van der Waals surface area contributed by atoms with Crippen LogP contribution in [0.1, 0.15) is 2.85 Å². The van der Waals surface area contributed by atoms with Crippen LogP contribution in [-0.4, -0.2) is 43.8 Å². The number of hydrogen-bond donors (Lipinski definition) is 2. The third-order valence-corrected chi connectivity index (χ3v) is 0. The van der Waals surface area contributed by atoms with Gasteiger partial charge >= 0.3 is 43.8 Å². The number of nitrogens with two attached hydrogens (primary N) is 2. The van der Waals surface area contributed by atoms with E-state index in [9.17, 15) is 0 Å². The first-order valence-electron chi connectivity index (χ1n) is 0.781. The van der Waals surface area contributed by atoms with Gasteiger partial charge in [-0.3, -0.25) is 0 Å². The van der Waals surface area contributed by atoms with E-state index in [0.29, 0.717) is 0 Å². The van der Waals surface area contributed by atoms with Gasteiger partial charge in [0.2, 0.25) is 0 Å². The molecule has 0 bridgehead atoms. The van der Waals surface area contributed by atoms with Crippen molar-refractivity contribution >= 4 is 57.3 Å². The summed E-state index contributed by atoms with van der Waals surface area (Å²) in [7, 11) is 0. The summed E-state index contributed by atoms with van der Waals surface area (Å²) in [6.45, 7) is 0. The van der Waals surface area contributed by atoms with Crippen molar-refractivity contribution < 1.29 is 7.65 Å². The normalized spacial score (nSPS) is 4.00. The molecule has 36 valence electrons. The minimum absolute atomic E-state index is 0. The van der Waals surface area contributed by atoms with Gasteiger partial charge in [-0.2, -0.15) is 13.5 Å². The number of amides is 2. The summed E-state index contributed by atoms with van der Waals surface area (Å²) in [5.41, 5.74) is 8.50. The Morgan fingerprint density at radius 2 is 1.50 bits per heavy atom. The van der Waals surface area contributed by atoms with Crippen molar-refractivity contribution in [2.75, 3.05) is 0 Å². The quantitative estimate of drug-likeness (QED) is 0.411. The van der Waals surface area contributed by atoms with Crippen LogP contribution in [0.5, 0.6) is 0 Å². The topological polar surface area (TPSA) is 69.1 Å². The Kier molecular flexibility index (Phi) is 24.5. The van der Waals surface area contributed by atoms with E-state index in [2.05, 4.69) is 11.5 Å². The summed E-state index contributed by atoms with van der Waals surface area (Å²) < 4.78 is 0. The number of carbonyl (C=O) groups excluding carboxylic acids is 1. The van der Waals surface area contributed by atoms with Gasteiger partial charge in [0.15, 0.2) is 0 Å². The molecule has 0 aromatic rings. The van der Waals surface area contributed by atoms with Gasteiger partial charge in [-0.15, -0.1) is 0 Å². The molecule has 0 aromatic heterocycles. The average Bonchev–Trinajstić information content (AvgIpc) is 0.811. The third-order valence-electron chi connectivity index (χ3n) is 0. The molecule has 4 N–H and O–H groups in total. The summed E-state index contributed by atoms with van der Waals surface area (Å²) in [5, 5.41) is 0. The van der Waals surface area contributed by atoms with Crippen molar-refractivity contribution in [2.45, 2.75) is 0 Å². The standard InChI is InChI=1S/CH4N2O.Ca.H2S.2H/c2-1(3)4;;;;/h(H4,2,3,4);;1H2;;/q;+2;;2*-1. The molecule has 0 spiro atoms. The number of primary amides is 2. The largest absolute Gasteiger partial charge is 2.00 e. The molecule has 0 saturated carbocycles. The molecule has 0 unspecified atom stereocenters. The Morgan fingerprint density at radius 3 is 1.50 bits per heavy atom. The number of hydrogen-bond acceptors (Lipinski definition) is 1. The predicted octanol–water partition coefficient (Wildman–Crippen LogP) is -1.02. The molecule has 6 heavy (non-hydrogen) atoms. The van der Waals surface area contributed by atoms with Crippen LogP contribution in [0.4, 0.5) is 4.79 Å². The maximum absolute atomic E-state index is 9.00. The molecule has 0 heterocycles. The van der Waals surface area contributed by atoms with Gasteiger partial charge in [0, 0.05) is 0 Å². The molecule has 0 aromatic carbocycles. The van der Waals surface area contributed by atoms with Crippen LogP contribution in [0.25, 0.3) is 0 Å². The van der Waals surface area contributed by atoms with E-state index < -0.39 is 6.03 Å². The van der Waals surface area contributed by atoms with Crippen LogP contribution in [0.3, 0.4) is 0 Å². The van der Waals surface area contributed by atoms with Crippen molar-refractivity contribution in [3.63, 3.8) is 0 Å². The molecule has 3 nitrogen and oxygen atoms in total. The van der Waals surface area contributed by atoms with Crippen LogP contribution >= 0.6 is 13.5 Å². The fourth-order valence-corrected chi connectivity index (χ4v) is 0. The van der Waals surface area contributed by atoms with Gasteiger partial charge in [-0.05, 0) is 0 Å². The Bertz CT molecular complexity index is 43.0. The molecular weight excluding hydrogens is 128 g/mol.